The molecule has 1 aliphatic carbocycles. The molecular formula is C19H23NO5. The van der Waals surface area contributed by atoms with Gasteiger partial charge in [-0.2, -0.15) is 0 Å². The molecule has 0 aromatic heterocycles. The zero-order chi connectivity index (χ0) is 18.2. The summed E-state index contributed by atoms with van der Waals surface area (Å²) < 4.78 is 10.4. The summed E-state index contributed by atoms with van der Waals surface area (Å²) in [5, 5.41) is 12.1. The fourth-order valence-corrected chi connectivity index (χ4v) is 3.93. The maximum atomic E-state index is 12.5. The van der Waals surface area contributed by atoms with E-state index < -0.39 is 17.6 Å². The first-order valence-electron chi connectivity index (χ1n) is 8.45. The maximum Gasteiger partial charge on any atom is 0.511 e. The Hall–Kier alpha value is -2.34. The van der Waals surface area contributed by atoms with E-state index in [4.69, 9.17) is 14.6 Å². The molecule has 1 aromatic rings. The van der Waals surface area contributed by atoms with Crippen molar-refractivity contribution in [2.45, 2.75) is 51.2 Å². The number of benzene rings is 1. The minimum atomic E-state index is -1.48. The van der Waals surface area contributed by atoms with Crippen molar-refractivity contribution in [1.82, 2.24) is 5.32 Å². The van der Waals surface area contributed by atoms with E-state index in [0.717, 1.165) is 29.5 Å². The monoisotopic (exact) mass is 345 g/mol. The zero-order valence-electron chi connectivity index (χ0n) is 14.7. The minimum absolute atomic E-state index is 0.0999. The number of amides is 1. The van der Waals surface area contributed by atoms with Crippen molar-refractivity contribution in [3.63, 3.8) is 0 Å². The normalized spacial score (nSPS) is 26.0. The summed E-state index contributed by atoms with van der Waals surface area (Å²) in [6.07, 6.45) is 1.65. The Morgan fingerprint density at radius 1 is 1.28 bits per heavy atom. The quantitative estimate of drug-likeness (QED) is 0.822. The second kappa shape index (κ2) is 6.52. The van der Waals surface area contributed by atoms with E-state index in [-0.39, 0.29) is 11.9 Å². The van der Waals surface area contributed by atoms with Gasteiger partial charge in [0.2, 0.25) is 5.76 Å². The number of methoxy groups -OCH3 is 1. The van der Waals surface area contributed by atoms with Crippen LogP contribution < -0.4 is 5.32 Å². The fraction of sp³-hybridized carbons (Fsp3) is 0.474. The number of nitrogens with one attached hydrogen (secondary N) is 1. The largest absolute Gasteiger partial charge is 0.511 e. The van der Waals surface area contributed by atoms with Crippen LogP contribution in [0.3, 0.4) is 0 Å². The number of rotatable bonds is 3. The van der Waals surface area contributed by atoms with Crippen LogP contribution in [0.5, 0.6) is 0 Å². The Balaban J connectivity index is 2.13. The van der Waals surface area contributed by atoms with Gasteiger partial charge in [0.1, 0.15) is 0 Å². The van der Waals surface area contributed by atoms with Crippen LogP contribution in [-0.2, 0) is 14.3 Å². The molecule has 0 bridgehead atoms. The van der Waals surface area contributed by atoms with E-state index in [1.54, 1.807) is 7.11 Å². The topological polar surface area (TPSA) is 84.9 Å². The van der Waals surface area contributed by atoms with Gasteiger partial charge < -0.3 is 19.9 Å². The van der Waals surface area contributed by atoms with Gasteiger partial charge in [-0.15, -0.1) is 0 Å². The molecule has 6 heteroatoms. The first-order valence-corrected chi connectivity index (χ1v) is 8.45. The van der Waals surface area contributed by atoms with Crippen LogP contribution in [-0.4, -0.2) is 35.9 Å². The highest BCUT2D eigenvalue weighted by Gasteiger charge is 2.49. The van der Waals surface area contributed by atoms with Crippen molar-refractivity contribution >= 4 is 17.6 Å². The first-order chi connectivity index (χ1) is 11.9. The SMILES string of the molecule is COC1CCC2(CC1)NC(=O)C(OC(=O)O)=C2c1cc(C)ccc1C. The standard InChI is InChI=1S/C19H23NO5/c1-11-4-5-12(2)14(10-11)15-16(25-18(22)23)17(21)20-19(15)8-6-13(24-3)7-9-19/h4-5,10,13H,6-9H2,1-3H3,(H,20,21)(H,22,23). The van der Waals surface area contributed by atoms with Crippen molar-refractivity contribution in [3.8, 4) is 0 Å². The van der Waals surface area contributed by atoms with Crippen LogP contribution in [0, 0.1) is 13.8 Å². The number of hydrogen-bond donors (Lipinski definition) is 2. The lowest BCUT2D eigenvalue weighted by atomic mass is 9.73. The highest BCUT2D eigenvalue weighted by Crippen LogP contribution is 2.46. The molecule has 1 fully saturated rings. The molecule has 1 spiro atoms. The number of hydrogen-bond acceptors (Lipinski definition) is 4. The Bertz CT molecular complexity index is 744. The Morgan fingerprint density at radius 2 is 1.96 bits per heavy atom. The minimum Gasteiger partial charge on any atom is -0.449 e. The first kappa shape index (κ1) is 17.5. The van der Waals surface area contributed by atoms with Crippen LogP contribution in [0.2, 0.25) is 0 Å². The Labute approximate surface area is 146 Å². The van der Waals surface area contributed by atoms with E-state index in [9.17, 15) is 9.59 Å². The van der Waals surface area contributed by atoms with Gasteiger partial charge >= 0.3 is 6.16 Å². The molecular weight excluding hydrogens is 322 g/mol. The van der Waals surface area contributed by atoms with Crippen molar-refractivity contribution in [3.05, 3.63) is 40.6 Å². The molecule has 0 unspecified atom stereocenters. The molecule has 2 N–H and O–H groups in total. The van der Waals surface area contributed by atoms with E-state index in [2.05, 4.69) is 5.32 Å². The molecule has 0 radical (unpaired) electrons. The van der Waals surface area contributed by atoms with Gasteiger partial charge in [-0.25, -0.2) is 4.79 Å². The second-order valence-electron chi connectivity index (χ2n) is 6.86. The lowest BCUT2D eigenvalue weighted by Gasteiger charge is -2.39. The molecule has 1 saturated carbocycles. The molecule has 2 aliphatic rings. The summed E-state index contributed by atoms with van der Waals surface area (Å²) in [6, 6.07) is 5.96. The number of carbonyl (C=O) groups is 2. The van der Waals surface area contributed by atoms with E-state index in [1.807, 2.05) is 32.0 Å². The molecule has 0 saturated heterocycles. The number of ether oxygens (including phenoxy) is 2. The molecule has 3 rings (SSSR count). The molecule has 1 aromatic carbocycles. The van der Waals surface area contributed by atoms with E-state index >= 15 is 0 Å². The van der Waals surface area contributed by atoms with Crippen LogP contribution in [0.1, 0.15) is 42.4 Å². The highest BCUT2D eigenvalue weighted by atomic mass is 16.7. The average molecular weight is 345 g/mol. The molecule has 6 nitrogen and oxygen atoms in total. The van der Waals surface area contributed by atoms with E-state index in [0.29, 0.717) is 18.4 Å². The summed E-state index contributed by atoms with van der Waals surface area (Å²) in [5.74, 6) is -0.564. The van der Waals surface area contributed by atoms with Gasteiger partial charge in [0.15, 0.2) is 0 Å². The molecule has 1 aliphatic heterocycles. The third-order valence-electron chi connectivity index (χ3n) is 5.24. The average Bonchev–Trinajstić information content (AvgIpc) is 2.82. The summed E-state index contributed by atoms with van der Waals surface area (Å²) in [4.78, 5) is 23.7. The smallest absolute Gasteiger partial charge is 0.449 e. The number of carboxylic acid groups (broad SMARTS) is 1. The predicted octanol–water partition coefficient (Wildman–Crippen LogP) is 3.17. The van der Waals surface area contributed by atoms with Crippen LogP contribution in [0.15, 0.2) is 24.0 Å². The number of carbonyl (C=O) groups excluding carboxylic acids is 1. The van der Waals surface area contributed by atoms with Crippen LogP contribution >= 0.6 is 0 Å². The van der Waals surface area contributed by atoms with Crippen molar-refractivity contribution in [2.75, 3.05) is 7.11 Å². The lowest BCUT2D eigenvalue weighted by molar-refractivity contribution is -0.120. The molecule has 1 heterocycles. The summed E-state index contributed by atoms with van der Waals surface area (Å²) in [7, 11) is 1.69. The van der Waals surface area contributed by atoms with Crippen LogP contribution in [0.25, 0.3) is 5.57 Å². The van der Waals surface area contributed by atoms with Gasteiger partial charge in [-0.05, 0) is 50.7 Å². The molecule has 25 heavy (non-hydrogen) atoms. The summed E-state index contributed by atoms with van der Waals surface area (Å²) >= 11 is 0. The molecule has 1 amide bonds. The highest BCUT2D eigenvalue weighted by molar-refractivity contribution is 6.08. The fourth-order valence-electron chi connectivity index (χ4n) is 3.93. The van der Waals surface area contributed by atoms with Gasteiger partial charge in [0, 0.05) is 12.7 Å². The van der Waals surface area contributed by atoms with Crippen molar-refractivity contribution < 1.29 is 24.2 Å². The van der Waals surface area contributed by atoms with Crippen molar-refractivity contribution in [1.29, 1.82) is 0 Å². The number of aryl methyl sites for hydroxylation is 2. The van der Waals surface area contributed by atoms with Gasteiger partial charge in [0.05, 0.1) is 11.6 Å². The summed E-state index contributed by atoms with van der Waals surface area (Å²) in [5.41, 5.74) is 2.95. The third kappa shape index (κ3) is 3.14. The van der Waals surface area contributed by atoms with Gasteiger partial charge in [-0.3, -0.25) is 4.79 Å². The maximum absolute atomic E-state index is 12.5. The third-order valence-corrected chi connectivity index (χ3v) is 5.24. The predicted molar refractivity (Wildman–Crippen MR) is 92.1 cm³/mol. The Morgan fingerprint density at radius 3 is 2.56 bits per heavy atom. The van der Waals surface area contributed by atoms with Gasteiger partial charge in [0.25, 0.3) is 5.91 Å². The van der Waals surface area contributed by atoms with Crippen LogP contribution in [0.4, 0.5) is 4.79 Å². The van der Waals surface area contributed by atoms with Crippen molar-refractivity contribution in [2.24, 2.45) is 0 Å². The molecule has 0 atom stereocenters. The Kier molecular flexibility index (Phi) is 4.56. The summed E-state index contributed by atoms with van der Waals surface area (Å²) in [6.45, 7) is 3.93. The zero-order valence-corrected chi connectivity index (χ0v) is 14.7. The van der Waals surface area contributed by atoms with E-state index in [1.165, 1.54) is 0 Å². The lowest BCUT2D eigenvalue weighted by Crippen LogP contribution is -2.48. The van der Waals surface area contributed by atoms with Gasteiger partial charge in [-0.1, -0.05) is 23.8 Å². The second-order valence-corrected chi connectivity index (χ2v) is 6.86. The molecule has 134 valence electrons.